The van der Waals surface area contributed by atoms with Crippen LogP contribution < -0.4 is 5.32 Å². The molecule has 4 heteroatoms. The number of rotatable bonds is 5. The minimum absolute atomic E-state index is 0.301. The van der Waals surface area contributed by atoms with Crippen molar-refractivity contribution in [3.05, 3.63) is 35.6 Å². The fourth-order valence-electron chi connectivity index (χ4n) is 1.61. The van der Waals surface area contributed by atoms with Crippen LogP contribution >= 0.6 is 0 Å². The van der Waals surface area contributed by atoms with Crippen LogP contribution in [0.1, 0.15) is 19.4 Å². The van der Waals surface area contributed by atoms with E-state index in [9.17, 15) is 9.18 Å². The lowest BCUT2D eigenvalue weighted by Crippen LogP contribution is -2.50. The van der Waals surface area contributed by atoms with E-state index in [1.165, 1.54) is 12.1 Å². The minimum atomic E-state index is -0.830. The van der Waals surface area contributed by atoms with Gasteiger partial charge in [0.2, 0.25) is 0 Å². The van der Waals surface area contributed by atoms with Crippen LogP contribution in [-0.2, 0) is 16.0 Å². The second kappa shape index (κ2) is 5.77. The van der Waals surface area contributed by atoms with Gasteiger partial charge in [-0.1, -0.05) is 12.1 Å². The summed E-state index contributed by atoms with van der Waals surface area (Å²) < 4.78 is 18.1. The van der Waals surface area contributed by atoms with Crippen molar-refractivity contribution in [3.8, 4) is 0 Å². The molecule has 1 aromatic rings. The molecule has 0 spiro atoms. The lowest BCUT2D eigenvalue weighted by Gasteiger charge is -2.26. The van der Waals surface area contributed by atoms with Crippen LogP contribution in [0.5, 0.6) is 0 Å². The Labute approximate surface area is 101 Å². The van der Waals surface area contributed by atoms with Crippen LogP contribution in [0.4, 0.5) is 4.39 Å². The van der Waals surface area contributed by atoms with E-state index in [0.717, 1.165) is 5.56 Å². The summed E-state index contributed by atoms with van der Waals surface area (Å²) in [4.78, 5) is 11.8. The summed E-state index contributed by atoms with van der Waals surface area (Å²) in [5.74, 6) is -0.628. The minimum Gasteiger partial charge on any atom is -0.465 e. The van der Waals surface area contributed by atoms with E-state index in [0.29, 0.717) is 13.0 Å². The first-order valence-corrected chi connectivity index (χ1v) is 5.62. The van der Waals surface area contributed by atoms with E-state index in [2.05, 4.69) is 5.32 Å². The van der Waals surface area contributed by atoms with E-state index in [-0.39, 0.29) is 11.8 Å². The third-order valence-corrected chi connectivity index (χ3v) is 2.72. The summed E-state index contributed by atoms with van der Waals surface area (Å²) in [6, 6.07) is 6.23. The van der Waals surface area contributed by atoms with Gasteiger partial charge < -0.3 is 10.1 Å². The Morgan fingerprint density at radius 3 is 2.76 bits per heavy atom. The lowest BCUT2D eigenvalue weighted by molar-refractivity contribution is -0.150. The number of hydrogen-bond donors (Lipinski definition) is 1. The van der Waals surface area contributed by atoms with Gasteiger partial charge in [0, 0.05) is 6.42 Å². The molecular formula is C13H18FNO2. The van der Waals surface area contributed by atoms with Crippen molar-refractivity contribution in [1.82, 2.24) is 5.32 Å². The number of carbonyl (C=O) groups excluding carboxylic acids is 1. The molecule has 0 radical (unpaired) electrons. The second-order valence-corrected chi connectivity index (χ2v) is 4.11. The van der Waals surface area contributed by atoms with Crippen LogP contribution in [-0.4, -0.2) is 25.2 Å². The molecule has 1 aromatic carbocycles. The highest BCUT2D eigenvalue weighted by Gasteiger charge is 2.33. The first-order valence-electron chi connectivity index (χ1n) is 5.62. The summed E-state index contributed by atoms with van der Waals surface area (Å²) >= 11 is 0. The molecule has 0 bridgehead atoms. The maximum Gasteiger partial charge on any atom is 0.326 e. The van der Waals surface area contributed by atoms with Crippen molar-refractivity contribution in [1.29, 1.82) is 0 Å². The Balaban J connectivity index is 2.85. The van der Waals surface area contributed by atoms with E-state index >= 15 is 0 Å². The van der Waals surface area contributed by atoms with Gasteiger partial charge in [0.15, 0.2) is 0 Å². The number of ether oxygens (including phenoxy) is 1. The molecule has 0 fully saturated rings. The molecule has 3 nitrogen and oxygen atoms in total. The van der Waals surface area contributed by atoms with E-state index in [4.69, 9.17) is 4.74 Å². The van der Waals surface area contributed by atoms with Gasteiger partial charge in [-0.2, -0.15) is 0 Å². The third kappa shape index (κ3) is 3.53. The van der Waals surface area contributed by atoms with Crippen molar-refractivity contribution in [2.24, 2.45) is 0 Å². The molecule has 0 saturated heterocycles. The molecule has 94 valence electrons. The Morgan fingerprint density at radius 2 is 2.24 bits per heavy atom. The summed E-state index contributed by atoms with van der Waals surface area (Å²) in [6.45, 7) is 3.84. The van der Waals surface area contributed by atoms with Gasteiger partial charge in [0.1, 0.15) is 11.4 Å². The number of hydrogen-bond acceptors (Lipinski definition) is 3. The van der Waals surface area contributed by atoms with Gasteiger partial charge in [-0.3, -0.25) is 4.79 Å². The third-order valence-electron chi connectivity index (χ3n) is 2.72. The molecule has 0 aliphatic carbocycles. The van der Waals surface area contributed by atoms with Crippen LogP contribution in [0.15, 0.2) is 24.3 Å². The van der Waals surface area contributed by atoms with E-state index < -0.39 is 5.54 Å². The van der Waals surface area contributed by atoms with E-state index in [1.54, 1.807) is 33.0 Å². The van der Waals surface area contributed by atoms with Gasteiger partial charge in [-0.25, -0.2) is 4.39 Å². The molecule has 0 aliphatic heterocycles. The summed E-state index contributed by atoms with van der Waals surface area (Å²) in [5, 5.41) is 2.93. The zero-order valence-corrected chi connectivity index (χ0v) is 10.4. The van der Waals surface area contributed by atoms with Gasteiger partial charge in [-0.15, -0.1) is 0 Å². The van der Waals surface area contributed by atoms with Crippen LogP contribution in [0.25, 0.3) is 0 Å². The zero-order valence-electron chi connectivity index (χ0n) is 10.4. The summed E-state index contributed by atoms with van der Waals surface area (Å²) in [5.41, 5.74) is -0.0704. The average Bonchev–Trinajstić information content (AvgIpc) is 2.29. The van der Waals surface area contributed by atoms with Gasteiger partial charge in [0.25, 0.3) is 0 Å². The topological polar surface area (TPSA) is 38.3 Å². The molecular weight excluding hydrogens is 221 g/mol. The molecule has 0 aromatic heterocycles. The Bertz CT molecular complexity index is 395. The molecule has 1 N–H and O–H groups in total. The highest BCUT2D eigenvalue weighted by molar-refractivity contribution is 5.80. The lowest BCUT2D eigenvalue weighted by atomic mass is 9.93. The molecule has 0 saturated carbocycles. The van der Waals surface area contributed by atoms with Crippen LogP contribution in [0.3, 0.4) is 0 Å². The van der Waals surface area contributed by atoms with Crippen LogP contribution in [0.2, 0.25) is 0 Å². The number of benzene rings is 1. The number of esters is 1. The highest BCUT2D eigenvalue weighted by atomic mass is 19.1. The normalized spacial score (nSPS) is 14.1. The number of likely N-dealkylation sites (N-methyl/N-ethyl adjacent to an activating group) is 1. The predicted octanol–water partition coefficient (Wildman–Crippen LogP) is 1.91. The number of carbonyl (C=O) groups is 1. The fourth-order valence-corrected chi connectivity index (χ4v) is 1.61. The van der Waals surface area contributed by atoms with Crippen molar-refractivity contribution >= 4 is 5.97 Å². The first kappa shape index (κ1) is 13.6. The molecule has 0 aliphatic rings. The molecule has 0 amide bonds. The Hall–Kier alpha value is -1.42. The van der Waals surface area contributed by atoms with Crippen molar-refractivity contribution in [2.75, 3.05) is 13.7 Å². The molecule has 1 unspecified atom stereocenters. The largest absolute Gasteiger partial charge is 0.465 e. The maximum atomic E-state index is 13.1. The summed E-state index contributed by atoms with van der Waals surface area (Å²) in [6.07, 6.45) is 0.389. The van der Waals surface area contributed by atoms with Crippen molar-refractivity contribution < 1.29 is 13.9 Å². The molecule has 0 heterocycles. The van der Waals surface area contributed by atoms with E-state index in [1.807, 2.05) is 0 Å². The fraction of sp³-hybridized carbons (Fsp3) is 0.462. The monoisotopic (exact) mass is 239 g/mol. The first-order chi connectivity index (χ1) is 8.01. The molecule has 1 rings (SSSR count). The smallest absolute Gasteiger partial charge is 0.326 e. The molecule has 1 atom stereocenters. The maximum absolute atomic E-state index is 13.1. The standard InChI is InChI=1S/C13H18FNO2/c1-4-17-12(16)13(2,15-3)9-10-6-5-7-11(14)8-10/h5-8,15H,4,9H2,1-3H3. The van der Waals surface area contributed by atoms with Crippen molar-refractivity contribution in [3.63, 3.8) is 0 Å². The number of nitrogens with one attached hydrogen (secondary N) is 1. The predicted molar refractivity (Wildman–Crippen MR) is 64.2 cm³/mol. The average molecular weight is 239 g/mol. The van der Waals surface area contributed by atoms with Crippen LogP contribution in [0, 0.1) is 5.82 Å². The zero-order chi connectivity index (χ0) is 12.9. The van der Waals surface area contributed by atoms with Gasteiger partial charge >= 0.3 is 5.97 Å². The summed E-state index contributed by atoms with van der Waals surface area (Å²) in [7, 11) is 1.69. The Morgan fingerprint density at radius 1 is 1.53 bits per heavy atom. The highest BCUT2D eigenvalue weighted by Crippen LogP contribution is 2.15. The second-order valence-electron chi connectivity index (χ2n) is 4.11. The number of halogens is 1. The van der Waals surface area contributed by atoms with Gasteiger partial charge in [-0.05, 0) is 38.6 Å². The Kier molecular flexibility index (Phi) is 4.63. The quantitative estimate of drug-likeness (QED) is 0.798. The van der Waals surface area contributed by atoms with Gasteiger partial charge in [0.05, 0.1) is 6.61 Å². The SMILES string of the molecule is CCOC(=O)C(C)(Cc1cccc(F)c1)NC. The molecule has 17 heavy (non-hydrogen) atoms. The van der Waals surface area contributed by atoms with Crippen molar-refractivity contribution in [2.45, 2.75) is 25.8 Å².